The highest BCUT2D eigenvalue weighted by atomic mass is 32.3. The van der Waals surface area contributed by atoms with Gasteiger partial charge in [0.1, 0.15) is 0 Å². The second-order valence-electron chi connectivity index (χ2n) is 5.09. The lowest BCUT2D eigenvalue weighted by molar-refractivity contribution is 0.220. The van der Waals surface area contributed by atoms with Crippen molar-refractivity contribution in [3.8, 4) is 0 Å². The number of thioether (sulfide) groups is 5. The molecule has 0 aliphatic carbocycles. The molecule has 0 rings (SSSR count). The van der Waals surface area contributed by atoms with E-state index in [-0.39, 0.29) is 26.4 Å². The van der Waals surface area contributed by atoms with Crippen LogP contribution in [0, 0.1) is 0 Å². The first-order valence-electron chi connectivity index (χ1n) is 9.56. The van der Waals surface area contributed by atoms with Crippen molar-refractivity contribution in [3.05, 3.63) is 0 Å². The fourth-order valence-electron chi connectivity index (χ4n) is 2.35. The van der Waals surface area contributed by atoms with Gasteiger partial charge in [-0.2, -0.15) is 0 Å². The smallest absolute Gasteiger partial charge is 0.307 e. The SMILES string of the molecule is CCOP(=O)(OCC)C(SC)(SCC)SC(SC)(SCC)P(=O)(OCC)OCC. The van der Waals surface area contributed by atoms with Gasteiger partial charge >= 0.3 is 15.2 Å². The van der Waals surface area contributed by atoms with E-state index in [9.17, 15) is 9.13 Å². The van der Waals surface area contributed by atoms with Gasteiger partial charge in [-0.15, -0.1) is 47.0 Å². The lowest BCUT2D eigenvalue weighted by Crippen LogP contribution is -2.30. The highest BCUT2D eigenvalue weighted by Crippen LogP contribution is 2.83. The maximum atomic E-state index is 14.0. The molecule has 176 valence electrons. The molecule has 0 spiro atoms. The van der Waals surface area contributed by atoms with Crippen molar-refractivity contribution >= 4 is 74.0 Å². The molecular formula is C16H36O6P2S5. The Kier molecular flexibility index (Phi) is 16.1. The molecule has 0 saturated heterocycles. The quantitative estimate of drug-likeness (QED) is 0.125. The molecule has 6 nitrogen and oxygen atoms in total. The lowest BCUT2D eigenvalue weighted by atomic mass is 10.9. The molecule has 0 aliphatic heterocycles. The summed E-state index contributed by atoms with van der Waals surface area (Å²) in [4.78, 5) is 0. The average molecular weight is 547 g/mol. The highest BCUT2D eigenvalue weighted by Gasteiger charge is 2.62. The van der Waals surface area contributed by atoms with E-state index >= 15 is 0 Å². The van der Waals surface area contributed by atoms with Gasteiger partial charge in [0.25, 0.3) is 0 Å². The Morgan fingerprint density at radius 2 is 0.897 bits per heavy atom. The van der Waals surface area contributed by atoms with Crippen LogP contribution in [-0.4, -0.2) is 56.7 Å². The zero-order valence-corrected chi connectivity index (χ0v) is 24.5. The third-order valence-corrected chi connectivity index (χ3v) is 20.7. The summed E-state index contributed by atoms with van der Waals surface area (Å²) in [7, 11) is -7.18. The van der Waals surface area contributed by atoms with Gasteiger partial charge < -0.3 is 18.1 Å². The van der Waals surface area contributed by atoms with E-state index in [4.69, 9.17) is 18.1 Å². The molecule has 2 atom stereocenters. The highest BCUT2D eigenvalue weighted by molar-refractivity contribution is 8.50. The summed E-state index contributed by atoms with van der Waals surface area (Å²) in [6.07, 6.45) is 3.77. The summed E-state index contributed by atoms with van der Waals surface area (Å²) in [5.74, 6) is 1.37. The predicted octanol–water partition coefficient (Wildman–Crippen LogP) is 7.71. The van der Waals surface area contributed by atoms with Crippen LogP contribution in [0.2, 0.25) is 0 Å². The van der Waals surface area contributed by atoms with E-state index in [0.717, 1.165) is 0 Å². The van der Waals surface area contributed by atoms with E-state index in [1.165, 1.54) is 58.8 Å². The van der Waals surface area contributed by atoms with Gasteiger partial charge in [-0.05, 0) is 51.7 Å². The second-order valence-corrected chi connectivity index (χ2v) is 19.2. The molecule has 13 heteroatoms. The average Bonchev–Trinajstić information content (AvgIpc) is 2.67. The maximum Gasteiger partial charge on any atom is 0.366 e. The van der Waals surface area contributed by atoms with Crippen molar-refractivity contribution in [3.63, 3.8) is 0 Å². The van der Waals surface area contributed by atoms with Crippen molar-refractivity contribution in [2.24, 2.45) is 0 Å². The van der Waals surface area contributed by atoms with Crippen LogP contribution < -0.4 is 0 Å². The minimum atomic E-state index is -3.59. The van der Waals surface area contributed by atoms with Gasteiger partial charge in [0, 0.05) is 0 Å². The van der Waals surface area contributed by atoms with Crippen LogP contribution in [0.15, 0.2) is 0 Å². The van der Waals surface area contributed by atoms with Crippen LogP contribution in [-0.2, 0) is 27.2 Å². The van der Waals surface area contributed by atoms with Crippen molar-refractivity contribution < 1.29 is 27.2 Å². The van der Waals surface area contributed by atoms with E-state index in [1.807, 2.05) is 26.4 Å². The molecule has 0 aromatic heterocycles. The molecule has 0 aliphatic rings. The zero-order chi connectivity index (χ0) is 22.6. The zero-order valence-electron chi connectivity index (χ0n) is 18.6. The van der Waals surface area contributed by atoms with E-state index in [0.29, 0.717) is 11.5 Å². The number of hydrogen-bond donors (Lipinski definition) is 0. The second kappa shape index (κ2) is 15.0. The third-order valence-electron chi connectivity index (χ3n) is 3.29. The van der Waals surface area contributed by atoms with Crippen LogP contribution in [0.4, 0.5) is 0 Å². The molecule has 0 radical (unpaired) electrons. The normalized spacial score (nSPS) is 17.1. The first-order chi connectivity index (χ1) is 13.7. The minimum absolute atomic E-state index is 0.256. The van der Waals surface area contributed by atoms with Gasteiger partial charge in [-0.3, -0.25) is 9.13 Å². The van der Waals surface area contributed by atoms with E-state index < -0.39 is 21.5 Å². The maximum absolute atomic E-state index is 14.0. The summed E-state index contributed by atoms with van der Waals surface area (Å²) in [5, 5.41) is 0. The van der Waals surface area contributed by atoms with E-state index in [1.54, 1.807) is 27.7 Å². The summed E-state index contributed by atoms with van der Waals surface area (Å²) in [6, 6.07) is 0. The van der Waals surface area contributed by atoms with Crippen molar-refractivity contribution in [1.82, 2.24) is 0 Å². The molecule has 0 bridgehead atoms. The molecule has 0 aromatic rings. The summed E-state index contributed by atoms with van der Waals surface area (Å²) in [5.41, 5.74) is 0. The van der Waals surface area contributed by atoms with Gasteiger partial charge in [-0.1, -0.05) is 25.6 Å². The Morgan fingerprint density at radius 3 is 1.07 bits per heavy atom. The molecule has 29 heavy (non-hydrogen) atoms. The van der Waals surface area contributed by atoms with Crippen LogP contribution in [0.1, 0.15) is 41.5 Å². The number of rotatable bonds is 18. The Bertz CT molecular complexity index is 492. The molecule has 0 amide bonds. The minimum Gasteiger partial charge on any atom is -0.307 e. The standard InChI is InChI=1S/C16H36O6P2S5/c1-9-19-23(17,20-10-2)15(25-7,27-13-5)29-16(26-8,28-14-6)24(18,21-11-3)22-12-4/h9-14H2,1-8H3. The Morgan fingerprint density at radius 1 is 0.621 bits per heavy atom. The first kappa shape index (κ1) is 31.0. The van der Waals surface area contributed by atoms with Gasteiger partial charge in [0.15, 0.2) is 0 Å². The van der Waals surface area contributed by atoms with Gasteiger partial charge in [0.05, 0.1) is 26.4 Å². The molecule has 0 N–H and O–H groups in total. The van der Waals surface area contributed by atoms with Gasteiger partial charge in [-0.25, -0.2) is 0 Å². The van der Waals surface area contributed by atoms with Crippen LogP contribution >= 0.6 is 74.0 Å². The summed E-state index contributed by atoms with van der Waals surface area (Å²) >= 11 is 7.11. The molecule has 0 heterocycles. The molecular weight excluding hydrogens is 510 g/mol. The third kappa shape index (κ3) is 7.53. The lowest BCUT2D eigenvalue weighted by Gasteiger charge is -2.44. The largest absolute Gasteiger partial charge is 0.366 e. The summed E-state index contributed by atoms with van der Waals surface area (Å²) < 4.78 is 49.0. The van der Waals surface area contributed by atoms with Gasteiger partial charge in [0.2, 0.25) is 6.30 Å². The van der Waals surface area contributed by atoms with Crippen molar-refractivity contribution in [2.75, 3.05) is 50.4 Å². The summed E-state index contributed by atoms with van der Waals surface area (Å²) in [6.45, 7) is 12.2. The van der Waals surface area contributed by atoms with E-state index in [2.05, 4.69) is 0 Å². The predicted molar refractivity (Wildman–Crippen MR) is 138 cm³/mol. The molecule has 2 unspecified atom stereocenters. The Labute approximate surface area is 198 Å². The molecule has 0 aromatic carbocycles. The van der Waals surface area contributed by atoms with Crippen molar-refractivity contribution in [2.45, 2.75) is 47.8 Å². The molecule has 0 saturated carbocycles. The number of hydrogen-bond acceptors (Lipinski definition) is 11. The molecule has 0 fully saturated rings. The Balaban J connectivity index is 6.68. The van der Waals surface area contributed by atoms with Crippen LogP contribution in [0.25, 0.3) is 0 Å². The topological polar surface area (TPSA) is 71.1 Å². The van der Waals surface area contributed by atoms with Crippen LogP contribution in [0.3, 0.4) is 0 Å². The van der Waals surface area contributed by atoms with Crippen LogP contribution in [0.5, 0.6) is 0 Å². The fourth-order valence-corrected chi connectivity index (χ4v) is 19.6. The fraction of sp³-hybridized carbons (Fsp3) is 1.00. The first-order valence-corrected chi connectivity index (χ1v) is 17.9. The monoisotopic (exact) mass is 546 g/mol. The van der Waals surface area contributed by atoms with Crippen molar-refractivity contribution in [1.29, 1.82) is 0 Å². The Hall–Kier alpha value is 2.05.